The second-order valence-electron chi connectivity index (χ2n) is 4.42. The van der Waals surface area contributed by atoms with E-state index < -0.39 is 10.8 Å². The molecule has 0 aromatic heterocycles. The molecule has 0 radical (unpaired) electrons. The summed E-state index contributed by atoms with van der Waals surface area (Å²) < 4.78 is 17.4. The molecule has 2 unspecified atom stereocenters. The molecule has 4 heteroatoms. The standard InChI is InChI=1S/C12H25NO2S/c1-3-7-13-11(4-2)10-16(14)12-5-8-15-9-6-12/h11-13H,3-10H2,1-2H3. The molecular formula is C12H25NO2S. The van der Waals surface area contributed by atoms with E-state index in [1.54, 1.807) is 0 Å². The van der Waals surface area contributed by atoms with Crippen LogP contribution in [0.25, 0.3) is 0 Å². The van der Waals surface area contributed by atoms with Crippen molar-refractivity contribution in [1.29, 1.82) is 0 Å². The van der Waals surface area contributed by atoms with Gasteiger partial charge in [-0.05, 0) is 32.2 Å². The van der Waals surface area contributed by atoms with E-state index in [4.69, 9.17) is 4.74 Å². The molecule has 96 valence electrons. The lowest BCUT2D eigenvalue weighted by molar-refractivity contribution is 0.0992. The van der Waals surface area contributed by atoms with Crippen LogP contribution in [0.15, 0.2) is 0 Å². The SMILES string of the molecule is CCCNC(CC)CS(=O)C1CCOCC1. The quantitative estimate of drug-likeness (QED) is 0.744. The normalized spacial score (nSPS) is 21.9. The Hall–Kier alpha value is 0.0700. The fraction of sp³-hybridized carbons (Fsp3) is 1.00. The Morgan fingerprint density at radius 3 is 2.62 bits per heavy atom. The van der Waals surface area contributed by atoms with E-state index >= 15 is 0 Å². The molecule has 3 nitrogen and oxygen atoms in total. The van der Waals surface area contributed by atoms with E-state index in [1.807, 2.05) is 0 Å². The Balaban J connectivity index is 2.29. The van der Waals surface area contributed by atoms with Crippen LogP contribution in [0.3, 0.4) is 0 Å². The van der Waals surface area contributed by atoms with Crippen molar-refractivity contribution in [2.75, 3.05) is 25.5 Å². The van der Waals surface area contributed by atoms with Crippen molar-refractivity contribution in [3.8, 4) is 0 Å². The van der Waals surface area contributed by atoms with Gasteiger partial charge in [0.25, 0.3) is 0 Å². The van der Waals surface area contributed by atoms with Gasteiger partial charge in [-0.1, -0.05) is 13.8 Å². The molecule has 16 heavy (non-hydrogen) atoms. The third kappa shape index (κ3) is 4.93. The molecule has 1 fully saturated rings. The van der Waals surface area contributed by atoms with Crippen LogP contribution in [-0.4, -0.2) is 41.0 Å². The highest BCUT2D eigenvalue weighted by atomic mass is 32.2. The number of rotatable bonds is 7. The van der Waals surface area contributed by atoms with Crippen LogP contribution in [0, 0.1) is 0 Å². The number of nitrogens with one attached hydrogen (secondary N) is 1. The van der Waals surface area contributed by atoms with Gasteiger partial charge >= 0.3 is 0 Å². The number of ether oxygens (including phenoxy) is 1. The Kier molecular flexibility index (Phi) is 7.25. The highest BCUT2D eigenvalue weighted by Gasteiger charge is 2.22. The van der Waals surface area contributed by atoms with E-state index in [2.05, 4.69) is 19.2 Å². The molecule has 0 saturated carbocycles. The lowest BCUT2D eigenvalue weighted by atomic mass is 10.2. The van der Waals surface area contributed by atoms with Gasteiger partial charge in [-0.15, -0.1) is 0 Å². The fourth-order valence-electron chi connectivity index (χ4n) is 1.94. The number of hydrogen-bond donors (Lipinski definition) is 1. The van der Waals surface area contributed by atoms with Gasteiger partial charge in [0, 0.05) is 41.1 Å². The molecule has 1 aliphatic heterocycles. The van der Waals surface area contributed by atoms with Crippen molar-refractivity contribution in [2.45, 2.75) is 50.8 Å². The first-order valence-corrected chi connectivity index (χ1v) is 7.84. The molecule has 1 rings (SSSR count). The zero-order valence-electron chi connectivity index (χ0n) is 10.5. The van der Waals surface area contributed by atoms with Gasteiger partial charge in [0.2, 0.25) is 0 Å². The smallest absolute Gasteiger partial charge is 0.0477 e. The van der Waals surface area contributed by atoms with Crippen LogP contribution in [0.1, 0.15) is 39.5 Å². The maximum absolute atomic E-state index is 12.1. The minimum atomic E-state index is -0.682. The first-order chi connectivity index (χ1) is 7.77. The van der Waals surface area contributed by atoms with Crippen LogP contribution in [-0.2, 0) is 15.5 Å². The predicted molar refractivity (Wildman–Crippen MR) is 69.2 cm³/mol. The summed E-state index contributed by atoms with van der Waals surface area (Å²) in [6.07, 6.45) is 4.14. The molecule has 0 aromatic rings. The molecule has 1 aliphatic rings. The third-order valence-corrected chi connectivity index (χ3v) is 5.03. The van der Waals surface area contributed by atoms with Crippen LogP contribution in [0.2, 0.25) is 0 Å². The summed E-state index contributed by atoms with van der Waals surface area (Å²) in [5, 5.41) is 3.83. The van der Waals surface area contributed by atoms with Gasteiger partial charge in [-0.2, -0.15) is 0 Å². The Labute approximate surface area is 102 Å². The van der Waals surface area contributed by atoms with Gasteiger partial charge in [-0.3, -0.25) is 4.21 Å². The minimum absolute atomic E-state index is 0.367. The summed E-state index contributed by atoms with van der Waals surface area (Å²) in [6.45, 7) is 6.93. The molecule has 0 aliphatic carbocycles. The summed E-state index contributed by atoms with van der Waals surface area (Å²) in [6, 6.07) is 0.420. The van der Waals surface area contributed by atoms with E-state index in [1.165, 1.54) is 0 Å². The molecule has 0 bridgehead atoms. The summed E-state index contributed by atoms with van der Waals surface area (Å²) in [5.74, 6) is 0.807. The molecule has 1 heterocycles. The van der Waals surface area contributed by atoms with Gasteiger partial charge in [0.15, 0.2) is 0 Å². The maximum atomic E-state index is 12.1. The van der Waals surface area contributed by atoms with E-state index in [0.717, 1.165) is 51.2 Å². The summed E-state index contributed by atoms with van der Waals surface area (Å²) in [4.78, 5) is 0. The summed E-state index contributed by atoms with van der Waals surface area (Å²) in [7, 11) is -0.682. The van der Waals surface area contributed by atoms with Crippen molar-refractivity contribution in [1.82, 2.24) is 5.32 Å². The second kappa shape index (κ2) is 8.20. The van der Waals surface area contributed by atoms with Gasteiger partial charge < -0.3 is 10.1 Å². The first-order valence-electron chi connectivity index (χ1n) is 6.46. The molecule has 1 N–H and O–H groups in total. The lowest BCUT2D eigenvalue weighted by Gasteiger charge is -2.24. The van der Waals surface area contributed by atoms with Crippen molar-refractivity contribution < 1.29 is 8.95 Å². The highest BCUT2D eigenvalue weighted by Crippen LogP contribution is 2.14. The largest absolute Gasteiger partial charge is 0.381 e. The van der Waals surface area contributed by atoms with Crippen LogP contribution in [0.5, 0.6) is 0 Å². The minimum Gasteiger partial charge on any atom is -0.381 e. The van der Waals surface area contributed by atoms with Crippen molar-refractivity contribution in [3.05, 3.63) is 0 Å². The van der Waals surface area contributed by atoms with Gasteiger partial charge in [0.1, 0.15) is 0 Å². The van der Waals surface area contributed by atoms with E-state index in [0.29, 0.717) is 11.3 Å². The monoisotopic (exact) mass is 247 g/mol. The number of hydrogen-bond acceptors (Lipinski definition) is 3. The van der Waals surface area contributed by atoms with Crippen LogP contribution >= 0.6 is 0 Å². The topological polar surface area (TPSA) is 38.3 Å². The van der Waals surface area contributed by atoms with Gasteiger partial charge in [0.05, 0.1) is 0 Å². The average molecular weight is 247 g/mol. The average Bonchev–Trinajstić information content (AvgIpc) is 2.35. The third-order valence-electron chi connectivity index (χ3n) is 3.08. The lowest BCUT2D eigenvalue weighted by Crippen LogP contribution is -2.37. The molecular weight excluding hydrogens is 222 g/mol. The Morgan fingerprint density at radius 2 is 2.06 bits per heavy atom. The zero-order valence-corrected chi connectivity index (χ0v) is 11.4. The Morgan fingerprint density at radius 1 is 1.38 bits per heavy atom. The summed E-state index contributed by atoms with van der Waals surface area (Å²) in [5.41, 5.74) is 0. The zero-order chi connectivity index (χ0) is 11.8. The molecule has 0 amide bonds. The molecule has 0 aromatic carbocycles. The van der Waals surface area contributed by atoms with Crippen LogP contribution in [0.4, 0.5) is 0 Å². The Bertz CT molecular complexity index is 205. The summed E-state index contributed by atoms with van der Waals surface area (Å²) >= 11 is 0. The first kappa shape index (κ1) is 14.1. The predicted octanol–water partition coefficient (Wildman–Crippen LogP) is 1.69. The van der Waals surface area contributed by atoms with Crippen molar-refractivity contribution in [3.63, 3.8) is 0 Å². The van der Waals surface area contributed by atoms with Gasteiger partial charge in [-0.25, -0.2) is 0 Å². The van der Waals surface area contributed by atoms with E-state index in [-0.39, 0.29) is 0 Å². The van der Waals surface area contributed by atoms with E-state index in [9.17, 15) is 4.21 Å². The fourth-order valence-corrected chi connectivity index (χ4v) is 3.68. The second-order valence-corrected chi connectivity index (χ2v) is 6.18. The molecule has 1 saturated heterocycles. The van der Waals surface area contributed by atoms with Crippen molar-refractivity contribution >= 4 is 10.8 Å². The van der Waals surface area contributed by atoms with Crippen LogP contribution < -0.4 is 5.32 Å². The molecule has 0 spiro atoms. The molecule has 2 atom stereocenters. The highest BCUT2D eigenvalue weighted by molar-refractivity contribution is 7.85. The maximum Gasteiger partial charge on any atom is 0.0477 e. The van der Waals surface area contributed by atoms with Crippen molar-refractivity contribution in [2.24, 2.45) is 0 Å².